The van der Waals surface area contributed by atoms with Gasteiger partial charge in [0.2, 0.25) is 5.76 Å². The highest BCUT2D eigenvalue weighted by molar-refractivity contribution is 6.08. The second-order valence-electron chi connectivity index (χ2n) is 6.74. The number of rotatable bonds is 5. The van der Waals surface area contributed by atoms with Gasteiger partial charge in [0.15, 0.2) is 0 Å². The number of amides is 3. The van der Waals surface area contributed by atoms with Crippen molar-refractivity contribution in [3.8, 4) is 0 Å². The van der Waals surface area contributed by atoms with Gasteiger partial charge in [-0.15, -0.1) is 0 Å². The fourth-order valence-electron chi connectivity index (χ4n) is 3.66. The van der Waals surface area contributed by atoms with Crippen LogP contribution in [-0.2, 0) is 25.7 Å². The molecule has 1 aliphatic heterocycles. The quantitative estimate of drug-likeness (QED) is 0.567. The Hall–Kier alpha value is -2.84. The Morgan fingerprint density at radius 1 is 1.19 bits per heavy atom. The van der Waals surface area contributed by atoms with E-state index >= 15 is 0 Å². The van der Waals surface area contributed by atoms with E-state index in [4.69, 9.17) is 9.15 Å². The molecule has 9 heteroatoms. The first-order valence-corrected chi connectivity index (χ1v) is 8.81. The van der Waals surface area contributed by atoms with Gasteiger partial charge in [-0.2, -0.15) is 0 Å². The third kappa shape index (κ3) is 3.41. The van der Waals surface area contributed by atoms with E-state index < -0.39 is 30.1 Å². The molecule has 2 aliphatic rings. The van der Waals surface area contributed by atoms with Crippen LogP contribution >= 0.6 is 0 Å². The van der Waals surface area contributed by atoms with Crippen molar-refractivity contribution in [2.45, 2.75) is 44.2 Å². The number of carbonyl (C=O) groups is 4. The van der Waals surface area contributed by atoms with Crippen LogP contribution in [0, 0.1) is 0 Å². The molecule has 9 nitrogen and oxygen atoms in total. The topological polar surface area (TPSA) is 106 Å². The fourth-order valence-corrected chi connectivity index (χ4v) is 3.66. The molecule has 0 unspecified atom stereocenters. The molecule has 1 saturated heterocycles. The molecule has 2 heterocycles. The zero-order valence-electron chi connectivity index (χ0n) is 15.4. The first-order chi connectivity index (χ1) is 12.9. The fraction of sp³-hybridized carbons (Fsp3) is 0.556. The van der Waals surface area contributed by atoms with E-state index in [-0.39, 0.29) is 24.0 Å². The number of ether oxygens (including phenoxy) is 2. The maximum Gasteiger partial charge on any atom is 0.373 e. The van der Waals surface area contributed by atoms with E-state index in [1.807, 2.05) is 0 Å². The van der Waals surface area contributed by atoms with Crippen molar-refractivity contribution in [3.63, 3.8) is 0 Å². The average molecular weight is 378 g/mol. The minimum Gasteiger partial charge on any atom is -0.463 e. The third-order valence-electron chi connectivity index (χ3n) is 5.19. The third-order valence-corrected chi connectivity index (χ3v) is 5.19. The number of urea groups is 1. The summed E-state index contributed by atoms with van der Waals surface area (Å²) < 4.78 is 14.8. The Balaban J connectivity index is 1.59. The molecule has 0 bridgehead atoms. The van der Waals surface area contributed by atoms with Crippen LogP contribution in [0.1, 0.15) is 48.4 Å². The van der Waals surface area contributed by atoms with Gasteiger partial charge in [-0.3, -0.25) is 14.5 Å². The predicted molar refractivity (Wildman–Crippen MR) is 90.5 cm³/mol. The first-order valence-electron chi connectivity index (χ1n) is 8.81. The van der Waals surface area contributed by atoms with Gasteiger partial charge in [0.1, 0.15) is 24.5 Å². The standard InChI is InChI=1S/C18H22N2O7/c1-19-17(24)20(16(23)18(19)8-4-3-5-9-18)10-14(21)26-11-12-6-7-13(27-12)15(22)25-2/h6-7H,3-5,8-11H2,1-2H3. The largest absolute Gasteiger partial charge is 0.463 e. The summed E-state index contributed by atoms with van der Waals surface area (Å²) in [5.41, 5.74) is -0.827. The highest BCUT2D eigenvalue weighted by Gasteiger charge is 2.55. The Morgan fingerprint density at radius 3 is 2.56 bits per heavy atom. The molecular formula is C18H22N2O7. The van der Waals surface area contributed by atoms with Gasteiger partial charge in [-0.1, -0.05) is 19.3 Å². The smallest absolute Gasteiger partial charge is 0.373 e. The summed E-state index contributed by atoms with van der Waals surface area (Å²) in [6, 6.07) is 2.41. The number of hydrogen-bond donors (Lipinski definition) is 0. The van der Waals surface area contributed by atoms with Crippen molar-refractivity contribution in [2.75, 3.05) is 20.7 Å². The molecule has 0 N–H and O–H groups in total. The van der Waals surface area contributed by atoms with E-state index in [1.165, 1.54) is 24.1 Å². The van der Waals surface area contributed by atoms with Crippen molar-refractivity contribution in [3.05, 3.63) is 23.7 Å². The Labute approximate surface area is 156 Å². The molecule has 2 fully saturated rings. The molecule has 27 heavy (non-hydrogen) atoms. The lowest BCUT2D eigenvalue weighted by atomic mass is 9.81. The summed E-state index contributed by atoms with van der Waals surface area (Å²) in [6.45, 7) is -0.665. The van der Waals surface area contributed by atoms with Crippen molar-refractivity contribution >= 4 is 23.9 Å². The molecule has 1 aromatic heterocycles. The predicted octanol–water partition coefficient (Wildman–Crippen LogP) is 1.71. The molecule has 1 saturated carbocycles. The van der Waals surface area contributed by atoms with Gasteiger partial charge in [0, 0.05) is 7.05 Å². The lowest BCUT2D eigenvalue weighted by Crippen LogP contribution is -2.49. The molecule has 3 rings (SSSR count). The minimum absolute atomic E-state index is 0.00527. The minimum atomic E-state index is -0.827. The number of nitrogens with zero attached hydrogens (tertiary/aromatic N) is 2. The van der Waals surface area contributed by atoms with Crippen LogP contribution < -0.4 is 0 Å². The summed E-state index contributed by atoms with van der Waals surface area (Å²) in [4.78, 5) is 51.1. The molecular weight excluding hydrogens is 356 g/mol. The molecule has 0 radical (unpaired) electrons. The van der Waals surface area contributed by atoms with Crippen LogP contribution in [0.25, 0.3) is 0 Å². The van der Waals surface area contributed by atoms with Gasteiger partial charge in [-0.25, -0.2) is 9.59 Å². The van der Waals surface area contributed by atoms with Gasteiger partial charge >= 0.3 is 18.0 Å². The van der Waals surface area contributed by atoms with Crippen molar-refractivity contribution in [1.29, 1.82) is 0 Å². The SMILES string of the molecule is COC(=O)c1ccc(COC(=O)CN2C(=O)N(C)C3(CCCCC3)C2=O)o1. The van der Waals surface area contributed by atoms with E-state index in [9.17, 15) is 19.2 Å². The number of methoxy groups -OCH3 is 1. The van der Waals surface area contributed by atoms with Gasteiger partial charge < -0.3 is 18.8 Å². The van der Waals surface area contributed by atoms with Crippen LogP contribution in [-0.4, -0.2) is 59.9 Å². The Kier molecular flexibility index (Phi) is 5.20. The van der Waals surface area contributed by atoms with E-state index in [2.05, 4.69) is 4.74 Å². The molecule has 0 aromatic carbocycles. The summed E-state index contributed by atoms with van der Waals surface area (Å²) in [5, 5.41) is 0. The molecule has 3 amide bonds. The molecule has 1 aromatic rings. The van der Waals surface area contributed by atoms with E-state index in [0.29, 0.717) is 12.8 Å². The number of imide groups is 1. The van der Waals surface area contributed by atoms with Crippen LogP contribution in [0.3, 0.4) is 0 Å². The van der Waals surface area contributed by atoms with E-state index in [1.54, 1.807) is 7.05 Å². The Morgan fingerprint density at radius 2 is 1.89 bits per heavy atom. The zero-order chi connectivity index (χ0) is 19.6. The van der Waals surface area contributed by atoms with Crippen molar-refractivity contribution < 1.29 is 33.1 Å². The second kappa shape index (κ2) is 7.42. The van der Waals surface area contributed by atoms with Crippen LogP contribution in [0.5, 0.6) is 0 Å². The number of esters is 2. The Bertz CT molecular complexity index is 764. The van der Waals surface area contributed by atoms with Crippen molar-refractivity contribution in [2.24, 2.45) is 0 Å². The van der Waals surface area contributed by atoms with Gasteiger partial charge in [0.25, 0.3) is 5.91 Å². The number of likely N-dealkylation sites (N-methyl/N-ethyl adjacent to an activating group) is 1. The summed E-state index contributed by atoms with van der Waals surface area (Å²) in [5.74, 6) is -1.45. The monoisotopic (exact) mass is 378 g/mol. The van der Waals surface area contributed by atoms with Gasteiger partial charge in [-0.05, 0) is 25.0 Å². The van der Waals surface area contributed by atoms with Crippen LogP contribution in [0.15, 0.2) is 16.5 Å². The molecule has 1 aliphatic carbocycles. The van der Waals surface area contributed by atoms with Crippen LogP contribution in [0.2, 0.25) is 0 Å². The van der Waals surface area contributed by atoms with Crippen molar-refractivity contribution in [1.82, 2.24) is 9.80 Å². The highest BCUT2D eigenvalue weighted by atomic mass is 16.6. The maximum atomic E-state index is 12.8. The number of furan rings is 1. The van der Waals surface area contributed by atoms with E-state index in [0.717, 1.165) is 24.2 Å². The first kappa shape index (κ1) is 18.9. The summed E-state index contributed by atoms with van der Waals surface area (Å²) in [7, 11) is 2.83. The number of hydrogen-bond acceptors (Lipinski definition) is 7. The molecule has 0 atom stereocenters. The summed E-state index contributed by atoms with van der Waals surface area (Å²) in [6.07, 6.45) is 4.02. The van der Waals surface area contributed by atoms with Crippen LogP contribution in [0.4, 0.5) is 4.79 Å². The normalized spacial score (nSPS) is 18.9. The average Bonchev–Trinajstić information content (AvgIpc) is 3.22. The number of carbonyl (C=O) groups excluding carboxylic acids is 4. The lowest BCUT2D eigenvalue weighted by molar-refractivity contribution is -0.149. The molecule has 1 spiro atoms. The lowest BCUT2D eigenvalue weighted by Gasteiger charge is -2.35. The summed E-state index contributed by atoms with van der Waals surface area (Å²) >= 11 is 0. The molecule has 146 valence electrons. The maximum absolute atomic E-state index is 12.8. The zero-order valence-corrected chi connectivity index (χ0v) is 15.4. The second-order valence-corrected chi connectivity index (χ2v) is 6.74. The highest BCUT2D eigenvalue weighted by Crippen LogP contribution is 2.39. The van der Waals surface area contributed by atoms with Gasteiger partial charge in [0.05, 0.1) is 7.11 Å².